The van der Waals surface area contributed by atoms with Crippen LogP contribution < -0.4 is 10.0 Å². The highest BCUT2D eigenvalue weighted by molar-refractivity contribution is 7.88. The molecule has 2 N–H and O–H groups in total. The van der Waals surface area contributed by atoms with Crippen LogP contribution in [0, 0.1) is 0 Å². The first-order valence-electron chi connectivity index (χ1n) is 5.68. The zero-order valence-electron chi connectivity index (χ0n) is 9.88. The predicted molar refractivity (Wildman–Crippen MR) is 72.3 cm³/mol. The van der Waals surface area contributed by atoms with Crippen molar-refractivity contribution in [2.75, 3.05) is 10.0 Å². The van der Waals surface area contributed by atoms with E-state index in [1.54, 1.807) is 36.4 Å². The Morgan fingerprint density at radius 1 is 1.05 bits per heavy atom. The normalized spacial score (nSPS) is 13.8. The number of nitrogen functional groups attached to an aromatic ring is 1. The van der Waals surface area contributed by atoms with E-state index in [1.165, 1.54) is 6.07 Å². The monoisotopic (exact) mass is 278 g/mol. The van der Waals surface area contributed by atoms with Gasteiger partial charge in [0, 0.05) is 12.1 Å². The Hall–Kier alpha value is -2.08. The third-order valence-electron chi connectivity index (χ3n) is 3.13. The molecule has 2 aromatic carbocycles. The molecule has 19 heavy (non-hydrogen) atoms. The number of hydrogen-bond donors (Lipinski definition) is 1. The second kappa shape index (κ2) is 3.96. The summed E-state index contributed by atoms with van der Waals surface area (Å²) in [6.07, 6.45) is 0.530. The van der Waals surface area contributed by atoms with Gasteiger partial charge < -0.3 is 5.73 Å². The third kappa shape index (κ3) is 1.94. The van der Waals surface area contributed by atoms with E-state index in [2.05, 4.69) is 0 Å². The van der Waals surface area contributed by atoms with Crippen LogP contribution >= 0.6 is 0 Å². The summed E-state index contributed by atoms with van der Waals surface area (Å²) < 4.78 is 37.2. The van der Waals surface area contributed by atoms with Crippen molar-refractivity contribution in [3.63, 3.8) is 0 Å². The SMILES string of the molecule is Nc1ccc2c(c1)Cc1ccccc1N2S(=O)(=O)F. The van der Waals surface area contributed by atoms with E-state index in [9.17, 15) is 12.3 Å². The maximum absolute atomic E-state index is 13.6. The van der Waals surface area contributed by atoms with Gasteiger partial charge in [-0.3, -0.25) is 0 Å². The quantitative estimate of drug-likeness (QED) is 0.644. The summed E-state index contributed by atoms with van der Waals surface area (Å²) >= 11 is 0. The van der Waals surface area contributed by atoms with Crippen molar-refractivity contribution < 1.29 is 12.3 Å². The van der Waals surface area contributed by atoms with E-state index in [4.69, 9.17) is 5.73 Å². The molecule has 4 nitrogen and oxygen atoms in total. The molecule has 3 rings (SSSR count). The lowest BCUT2D eigenvalue weighted by molar-refractivity contribution is 0.551. The zero-order valence-corrected chi connectivity index (χ0v) is 10.7. The van der Waals surface area contributed by atoms with Gasteiger partial charge in [0.2, 0.25) is 0 Å². The van der Waals surface area contributed by atoms with Gasteiger partial charge in [-0.25, -0.2) is 4.31 Å². The number of nitrogens with two attached hydrogens (primary N) is 1. The van der Waals surface area contributed by atoms with Gasteiger partial charge in [-0.15, -0.1) is 0 Å². The van der Waals surface area contributed by atoms with E-state index in [0.29, 0.717) is 29.0 Å². The molecular formula is C13H11FN2O2S. The number of anilines is 3. The molecule has 0 saturated heterocycles. The van der Waals surface area contributed by atoms with E-state index >= 15 is 0 Å². The van der Waals surface area contributed by atoms with E-state index < -0.39 is 10.4 Å². The number of nitrogens with zero attached hydrogens (tertiary/aromatic N) is 1. The molecule has 6 heteroatoms. The highest BCUT2D eigenvalue weighted by Gasteiger charge is 2.31. The first-order chi connectivity index (χ1) is 8.97. The molecule has 0 spiro atoms. The molecule has 0 radical (unpaired) electrons. The van der Waals surface area contributed by atoms with Crippen LogP contribution in [0.25, 0.3) is 0 Å². The first-order valence-corrected chi connectivity index (χ1v) is 7.02. The lowest BCUT2D eigenvalue weighted by Gasteiger charge is -2.29. The van der Waals surface area contributed by atoms with E-state index in [-0.39, 0.29) is 0 Å². The van der Waals surface area contributed by atoms with Crippen LogP contribution in [0.4, 0.5) is 20.9 Å². The number of para-hydroxylation sites is 1. The van der Waals surface area contributed by atoms with Gasteiger partial charge in [0.25, 0.3) is 0 Å². The predicted octanol–water partition coefficient (Wildman–Crippen LogP) is 2.53. The van der Waals surface area contributed by atoms with Crippen LogP contribution in [0.2, 0.25) is 0 Å². The summed E-state index contributed by atoms with van der Waals surface area (Å²) in [5, 5.41) is 0. The van der Waals surface area contributed by atoms with Crippen molar-refractivity contribution in [1.29, 1.82) is 0 Å². The van der Waals surface area contributed by atoms with Gasteiger partial charge >= 0.3 is 10.4 Å². The topological polar surface area (TPSA) is 63.4 Å². The number of rotatable bonds is 1. The number of hydrogen-bond acceptors (Lipinski definition) is 3. The fraction of sp³-hybridized carbons (Fsp3) is 0.0769. The molecule has 1 aliphatic heterocycles. The average Bonchev–Trinajstić information content (AvgIpc) is 2.34. The second-order valence-corrected chi connectivity index (χ2v) is 5.59. The maximum Gasteiger partial charge on any atom is 0.403 e. The Labute approximate surface area is 110 Å². The van der Waals surface area contributed by atoms with Gasteiger partial charge in [0.15, 0.2) is 0 Å². The standard InChI is InChI=1S/C13H11FN2O2S/c14-19(17,18)16-12-4-2-1-3-9(12)7-10-8-11(15)5-6-13(10)16/h1-6,8H,7,15H2. The van der Waals surface area contributed by atoms with E-state index in [1.807, 2.05) is 0 Å². The van der Waals surface area contributed by atoms with Crippen molar-refractivity contribution in [1.82, 2.24) is 0 Å². The van der Waals surface area contributed by atoms with E-state index in [0.717, 1.165) is 9.87 Å². The summed E-state index contributed by atoms with van der Waals surface area (Å²) in [7, 11) is -4.87. The third-order valence-corrected chi connectivity index (χ3v) is 3.96. The Bertz CT molecular complexity index is 759. The molecule has 0 atom stereocenters. The fourth-order valence-corrected chi connectivity index (χ4v) is 3.20. The van der Waals surface area contributed by atoms with Crippen LogP contribution in [0.1, 0.15) is 11.1 Å². The minimum Gasteiger partial charge on any atom is -0.399 e. The minimum absolute atomic E-state index is 0.315. The van der Waals surface area contributed by atoms with Crippen LogP contribution in [-0.4, -0.2) is 8.42 Å². The lowest BCUT2D eigenvalue weighted by atomic mass is 9.97. The Kier molecular flexibility index (Phi) is 2.50. The molecule has 0 bridgehead atoms. The average molecular weight is 278 g/mol. The van der Waals surface area contributed by atoms with Crippen LogP contribution in [0.3, 0.4) is 0 Å². The van der Waals surface area contributed by atoms with Crippen molar-refractivity contribution in [3.05, 3.63) is 53.6 Å². The molecule has 2 aromatic rings. The van der Waals surface area contributed by atoms with Crippen molar-refractivity contribution in [2.24, 2.45) is 0 Å². The van der Waals surface area contributed by atoms with Gasteiger partial charge in [-0.1, -0.05) is 22.1 Å². The summed E-state index contributed by atoms with van der Waals surface area (Å²) in [4.78, 5) is 0. The summed E-state index contributed by atoms with van der Waals surface area (Å²) in [5.41, 5.74) is 8.33. The summed E-state index contributed by atoms with van der Waals surface area (Å²) in [6.45, 7) is 0. The number of benzene rings is 2. The summed E-state index contributed by atoms with van der Waals surface area (Å²) in [6, 6.07) is 11.6. The molecule has 0 amide bonds. The number of halogens is 1. The molecule has 98 valence electrons. The molecule has 1 aliphatic rings. The van der Waals surface area contributed by atoms with Crippen LogP contribution in [0.5, 0.6) is 0 Å². The van der Waals surface area contributed by atoms with Gasteiger partial charge in [0.1, 0.15) is 0 Å². The van der Waals surface area contributed by atoms with Gasteiger partial charge in [-0.2, -0.15) is 8.42 Å². The minimum atomic E-state index is -4.87. The molecule has 0 unspecified atom stereocenters. The second-order valence-electron chi connectivity index (χ2n) is 4.40. The van der Waals surface area contributed by atoms with Crippen molar-refractivity contribution >= 4 is 27.5 Å². The Morgan fingerprint density at radius 2 is 1.74 bits per heavy atom. The molecule has 1 heterocycles. The molecule has 0 aromatic heterocycles. The fourth-order valence-electron chi connectivity index (χ4n) is 2.37. The highest BCUT2D eigenvalue weighted by atomic mass is 32.3. The van der Waals surface area contributed by atoms with Gasteiger partial charge in [0.05, 0.1) is 11.4 Å². The lowest BCUT2D eigenvalue weighted by Crippen LogP contribution is -2.27. The summed E-state index contributed by atoms with van der Waals surface area (Å²) in [5.74, 6) is 0. The first kappa shape index (κ1) is 12.0. The molecular weight excluding hydrogens is 267 g/mol. The molecule has 0 saturated carbocycles. The zero-order chi connectivity index (χ0) is 13.6. The van der Waals surface area contributed by atoms with Crippen LogP contribution in [-0.2, 0) is 16.8 Å². The Balaban J connectivity index is 2.30. The van der Waals surface area contributed by atoms with Crippen LogP contribution in [0.15, 0.2) is 42.5 Å². The van der Waals surface area contributed by atoms with Crippen molar-refractivity contribution in [3.8, 4) is 0 Å². The Morgan fingerprint density at radius 3 is 2.47 bits per heavy atom. The van der Waals surface area contributed by atoms with Crippen molar-refractivity contribution in [2.45, 2.75) is 6.42 Å². The number of fused-ring (bicyclic) bond motifs is 2. The smallest absolute Gasteiger partial charge is 0.399 e. The molecule has 0 fully saturated rings. The maximum atomic E-state index is 13.6. The highest BCUT2D eigenvalue weighted by Crippen LogP contribution is 2.41. The largest absolute Gasteiger partial charge is 0.403 e. The van der Waals surface area contributed by atoms with Gasteiger partial charge in [-0.05, 0) is 35.4 Å². The molecule has 0 aliphatic carbocycles.